The van der Waals surface area contributed by atoms with Crippen molar-refractivity contribution in [1.82, 2.24) is 4.90 Å². The predicted molar refractivity (Wildman–Crippen MR) is 43.8 cm³/mol. The fourth-order valence-corrected chi connectivity index (χ4v) is 1.06. The fourth-order valence-electron chi connectivity index (χ4n) is 1.06. The molecule has 0 spiro atoms. The Hall–Kier alpha value is -0.0800. The van der Waals surface area contributed by atoms with Crippen LogP contribution < -0.4 is 0 Å². The third kappa shape index (κ3) is 3.18. The van der Waals surface area contributed by atoms with Gasteiger partial charge in [-0.25, -0.2) is 0 Å². The molecule has 10 heavy (non-hydrogen) atoms. The van der Waals surface area contributed by atoms with E-state index >= 15 is 0 Å². The van der Waals surface area contributed by atoms with E-state index in [2.05, 4.69) is 0 Å². The zero-order chi connectivity index (χ0) is 7.98. The molecule has 1 N–H and O–H groups in total. The van der Waals surface area contributed by atoms with E-state index in [1.54, 1.807) is 0 Å². The number of hydrogen-bond acceptors (Lipinski definition) is 2. The Morgan fingerprint density at radius 1 is 1.30 bits per heavy atom. The number of piperidine rings is 1. The summed E-state index contributed by atoms with van der Waals surface area (Å²) in [5, 5.41) is 9.10. The average molecular weight is 145 g/mol. The molecule has 0 aromatic carbocycles. The van der Waals surface area contributed by atoms with Gasteiger partial charge in [0.1, 0.15) is 6.23 Å². The molecule has 1 atom stereocenters. The minimum absolute atomic E-state index is 0.163. The van der Waals surface area contributed by atoms with Crippen LogP contribution in [0, 0.1) is 0 Å². The molecule has 0 amide bonds. The van der Waals surface area contributed by atoms with Gasteiger partial charge in [0.2, 0.25) is 0 Å². The van der Waals surface area contributed by atoms with Gasteiger partial charge in [-0.1, -0.05) is 13.8 Å². The van der Waals surface area contributed by atoms with Crippen LogP contribution in [0.1, 0.15) is 33.1 Å². The van der Waals surface area contributed by atoms with Crippen molar-refractivity contribution in [3.8, 4) is 0 Å². The monoisotopic (exact) mass is 145 g/mol. The van der Waals surface area contributed by atoms with Crippen molar-refractivity contribution in [1.29, 1.82) is 0 Å². The van der Waals surface area contributed by atoms with Gasteiger partial charge >= 0.3 is 0 Å². The molecule has 0 aromatic heterocycles. The zero-order valence-electron chi connectivity index (χ0n) is 7.30. The summed E-state index contributed by atoms with van der Waals surface area (Å²) < 4.78 is 0. The second-order valence-electron chi connectivity index (χ2n) is 2.46. The lowest BCUT2D eigenvalue weighted by atomic mass is 10.1. The SMILES string of the molecule is CC.CN1CCCCC1O. The molecule has 0 bridgehead atoms. The summed E-state index contributed by atoms with van der Waals surface area (Å²) >= 11 is 0. The minimum Gasteiger partial charge on any atom is -0.378 e. The molecule has 62 valence electrons. The fraction of sp³-hybridized carbons (Fsp3) is 1.00. The maximum absolute atomic E-state index is 9.10. The summed E-state index contributed by atoms with van der Waals surface area (Å²) in [6.07, 6.45) is 3.22. The Morgan fingerprint density at radius 3 is 2.20 bits per heavy atom. The second kappa shape index (κ2) is 5.69. The summed E-state index contributed by atoms with van der Waals surface area (Å²) in [4.78, 5) is 1.99. The molecule has 1 fully saturated rings. The molecule has 1 rings (SSSR count). The highest BCUT2D eigenvalue weighted by molar-refractivity contribution is 4.63. The summed E-state index contributed by atoms with van der Waals surface area (Å²) in [5.41, 5.74) is 0. The largest absolute Gasteiger partial charge is 0.378 e. The first-order valence-corrected chi connectivity index (χ1v) is 4.19. The first kappa shape index (κ1) is 9.92. The maximum atomic E-state index is 9.10. The van der Waals surface area contributed by atoms with E-state index in [1.807, 2.05) is 25.8 Å². The lowest BCUT2D eigenvalue weighted by Crippen LogP contribution is -2.35. The highest BCUT2D eigenvalue weighted by atomic mass is 16.3. The second-order valence-corrected chi connectivity index (χ2v) is 2.46. The lowest BCUT2D eigenvalue weighted by Gasteiger charge is -2.27. The quantitative estimate of drug-likeness (QED) is 0.557. The average Bonchev–Trinajstić information content (AvgIpc) is 2.00. The van der Waals surface area contributed by atoms with Gasteiger partial charge in [-0.05, 0) is 26.3 Å². The number of rotatable bonds is 0. The number of nitrogens with zero attached hydrogens (tertiary/aromatic N) is 1. The highest BCUT2D eigenvalue weighted by Crippen LogP contribution is 2.11. The summed E-state index contributed by atoms with van der Waals surface area (Å²) in [7, 11) is 1.96. The molecule has 1 aliphatic heterocycles. The Labute approximate surface area is 63.8 Å². The van der Waals surface area contributed by atoms with Crippen LogP contribution in [-0.4, -0.2) is 29.8 Å². The van der Waals surface area contributed by atoms with Gasteiger partial charge in [0.05, 0.1) is 0 Å². The molecule has 2 heteroatoms. The molecule has 1 aliphatic rings. The Kier molecular flexibility index (Phi) is 5.64. The summed E-state index contributed by atoms with van der Waals surface area (Å²) in [6, 6.07) is 0. The van der Waals surface area contributed by atoms with E-state index in [9.17, 15) is 0 Å². The van der Waals surface area contributed by atoms with Crippen LogP contribution in [0.2, 0.25) is 0 Å². The van der Waals surface area contributed by atoms with E-state index in [0.717, 1.165) is 13.0 Å². The normalized spacial score (nSPS) is 27.0. The summed E-state index contributed by atoms with van der Waals surface area (Å²) in [5.74, 6) is 0. The van der Waals surface area contributed by atoms with Crippen molar-refractivity contribution in [3.05, 3.63) is 0 Å². The van der Waals surface area contributed by atoms with Gasteiger partial charge < -0.3 is 5.11 Å². The zero-order valence-corrected chi connectivity index (χ0v) is 7.30. The Balaban J connectivity index is 0.000000371. The van der Waals surface area contributed by atoms with E-state index in [-0.39, 0.29) is 6.23 Å². The van der Waals surface area contributed by atoms with Gasteiger partial charge in [-0.15, -0.1) is 0 Å². The Morgan fingerprint density at radius 2 is 1.90 bits per heavy atom. The van der Waals surface area contributed by atoms with Crippen molar-refractivity contribution in [2.45, 2.75) is 39.3 Å². The standard InChI is InChI=1S/C6H13NO.C2H6/c1-7-5-3-2-4-6(7)8;1-2/h6,8H,2-5H2,1H3;1-2H3. The van der Waals surface area contributed by atoms with E-state index in [0.29, 0.717) is 0 Å². The van der Waals surface area contributed by atoms with Gasteiger partial charge in [-0.2, -0.15) is 0 Å². The van der Waals surface area contributed by atoms with Crippen molar-refractivity contribution < 1.29 is 5.11 Å². The minimum atomic E-state index is -0.163. The Bertz CT molecular complexity index is 65.7. The number of hydrogen-bond donors (Lipinski definition) is 1. The maximum Gasteiger partial charge on any atom is 0.107 e. The van der Waals surface area contributed by atoms with Crippen LogP contribution in [0.3, 0.4) is 0 Å². The van der Waals surface area contributed by atoms with Gasteiger partial charge in [-0.3, -0.25) is 4.90 Å². The van der Waals surface area contributed by atoms with Crippen LogP contribution in [0.4, 0.5) is 0 Å². The van der Waals surface area contributed by atoms with Gasteiger partial charge in [0.15, 0.2) is 0 Å². The van der Waals surface area contributed by atoms with E-state index < -0.39 is 0 Å². The van der Waals surface area contributed by atoms with Gasteiger partial charge in [0.25, 0.3) is 0 Å². The molecule has 1 heterocycles. The van der Waals surface area contributed by atoms with E-state index in [1.165, 1.54) is 12.8 Å². The smallest absolute Gasteiger partial charge is 0.107 e. The lowest BCUT2D eigenvalue weighted by molar-refractivity contribution is -0.00577. The molecule has 2 nitrogen and oxygen atoms in total. The van der Waals surface area contributed by atoms with Crippen molar-refractivity contribution in [2.24, 2.45) is 0 Å². The first-order chi connectivity index (χ1) is 4.80. The predicted octanol–water partition coefficient (Wildman–Crippen LogP) is 1.45. The number of likely N-dealkylation sites (tertiary alicyclic amines) is 1. The van der Waals surface area contributed by atoms with Crippen LogP contribution >= 0.6 is 0 Å². The highest BCUT2D eigenvalue weighted by Gasteiger charge is 2.14. The third-order valence-corrected chi connectivity index (χ3v) is 1.73. The van der Waals surface area contributed by atoms with Crippen LogP contribution in [0.15, 0.2) is 0 Å². The molecular formula is C8H19NO. The topological polar surface area (TPSA) is 23.5 Å². The molecular weight excluding hydrogens is 126 g/mol. The first-order valence-electron chi connectivity index (χ1n) is 4.19. The molecule has 0 aliphatic carbocycles. The third-order valence-electron chi connectivity index (χ3n) is 1.73. The van der Waals surface area contributed by atoms with Gasteiger partial charge in [0, 0.05) is 6.54 Å². The van der Waals surface area contributed by atoms with Crippen molar-refractivity contribution in [3.63, 3.8) is 0 Å². The molecule has 1 unspecified atom stereocenters. The molecule has 1 saturated heterocycles. The molecule has 0 saturated carbocycles. The van der Waals surface area contributed by atoms with E-state index in [4.69, 9.17) is 5.11 Å². The van der Waals surface area contributed by atoms with Crippen molar-refractivity contribution in [2.75, 3.05) is 13.6 Å². The number of aliphatic hydroxyl groups excluding tert-OH is 1. The molecule has 0 radical (unpaired) electrons. The van der Waals surface area contributed by atoms with Crippen LogP contribution in [0.5, 0.6) is 0 Å². The van der Waals surface area contributed by atoms with Crippen LogP contribution in [-0.2, 0) is 0 Å². The summed E-state index contributed by atoms with van der Waals surface area (Å²) in [6.45, 7) is 5.06. The molecule has 0 aromatic rings. The van der Waals surface area contributed by atoms with Crippen LogP contribution in [0.25, 0.3) is 0 Å². The van der Waals surface area contributed by atoms with Crippen molar-refractivity contribution >= 4 is 0 Å². The number of aliphatic hydroxyl groups is 1.